The van der Waals surface area contributed by atoms with Gasteiger partial charge in [-0.3, -0.25) is 0 Å². The van der Waals surface area contributed by atoms with Crippen LogP contribution >= 0.6 is 36.1 Å². The Bertz CT molecular complexity index is 773. The number of hydrogen-bond donors (Lipinski definition) is 4. The molecule has 0 radical (unpaired) electrons. The van der Waals surface area contributed by atoms with Crippen LogP contribution in [0.15, 0.2) is 46.2 Å². The molecule has 136 valence electrons. The highest BCUT2D eigenvalue weighted by molar-refractivity contribution is 7.80. The van der Waals surface area contributed by atoms with Crippen molar-refractivity contribution in [1.82, 2.24) is 4.98 Å². The zero-order valence-corrected chi connectivity index (χ0v) is 16.3. The lowest BCUT2D eigenvalue weighted by atomic mass is 9.78. The molecule has 3 rings (SSSR count). The lowest BCUT2D eigenvalue weighted by molar-refractivity contribution is 0.249. The maximum absolute atomic E-state index is 5.78. The molecule has 25 heavy (non-hydrogen) atoms. The number of fused-ring (bicyclic) bond motifs is 1. The minimum absolute atomic E-state index is 0.234. The smallest absolute Gasteiger partial charge is 0.257 e. The number of nitrogens with two attached hydrogens (primary N) is 2. The molecular weight excluding hydrogens is 379 g/mol. The molecule has 0 amide bonds. The first-order chi connectivity index (χ1) is 12.0. The van der Waals surface area contributed by atoms with Crippen molar-refractivity contribution in [2.24, 2.45) is 22.4 Å². The first-order valence-electron chi connectivity index (χ1n) is 7.99. The lowest BCUT2D eigenvalue weighted by Gasteiger charge is -2.32. The van der Waals surface area contributed by atoms with Gasteiger partial charge in [-0.15, -0.1) is 12.6 Å². The average Bonchev–Trinajstić information content (AvgIpc) is 2.95. The summed E-state index contributed by atoms with van der Waals surface area (Å²) in [7, 11) is 0. The van der Waals surface area contributed by atoms with E-state index in [1.54, 1.807) is 0 Å². The summed E-state index contributed by atoms with van der Waals surface area (Å²) in [5, 5.41) is 1.85. The van der Waals surface area contributed by atoms with E-state index in [1.807, 2.05) is 24.4 Å². The number of aromatic nitrogens is 1. The van der Waals surface area contributed by atoms with Gasteiger partial charge in [0.25, 0.3) is 5.90 Å². The van der Waals surface area contributed by atoms with Crippen LogP contribution in [0.1, 0.15) is 26.2 Å². The number of rotatable bonds is 3. The first kappa shape index (κ1) is 19.8. The fourth-order valence-corrected chi connectivity index (χ4v) is 3.20. The molecule has 1 heterocycles. The number of benzene rings is 1. The van der Waals surface area contributed by atoms with Gasteiger partial charge in [-0.1, -0.05) is 31.0 Å². The Balaban J connectivity index is 0.000000185. The van der Waals surface area contributed by atoms with Gasteiger partial charge >= 0.3 is 0 Å². The van der Waals surface area contributed by atoms with Crippen molar-refractivity contribution in [2.75, 3.05) is 0 Å². The van der Waals surface area contributed by atoms with Crippen molar-refractivity contribution in [1.29, 1.82) is 0 Å². The molecular formula is C17H22Cl2N4OS. The van der Waals surface area contributed by atoms with Gasteiger partial charge in [0, 0.05) is 33.2 Å². The summed E-state index contributed by atoms with van der Waals surface area (Å²) in [5.74, 6) is 0.861. The summed E-state index contributed by atoms with van der Waals surface area (Å²) in [6, 6.07) is 5.98. The van der Waals surface area contributed by atoms with Crippen LogP contribution < -0.4 is 11.5 Å². The number of aromatic amines is 1. The Morgan fingerprint density at radius 2 is 2.24 bits per heavy atom. The van der Waals surface area contributed by atoms with Gasteiger partial charge in [-0.05, 0) is 30.9 Å². The third-order valence-corrected chi connectivity index (χ3v) is 5.06. The maximum atomic E-state index is 5.78. The van der Waals surface area contributed by atoms with Crippen molar-refractivity contribution in [3.63, 3.8) is 0 Å². The van der Waals surface area contributed by atoms with Gasteiger partial charge in [0.1, 0.15) is 17.6 Å². The molecule has 0 spiro atoms. The van der Waals surface area contributed by atoms with E-state index in [4.69, 9.17) is 34.9 Å². The van der Waals surface area contributed by atoms with Gasteiger partial charge < -0.3 is 20.7 Å². The molecule has 2 unspecified atom stereocenters. The predicted octanol–water partition coefficient (Wildman–Crippen LogP) is 4.61. The molecule has 5 N–H and O–H groups in total. The van der Waals surface area contributed by atoms with Crippen molar-refractivity contribution in [3.8, 4) is 0 Å². The molecule has 1 saturated carbocycles. The van der Waals surface area contributed by atoms with E-state index in [0.29, 0.717) is 5.92 Å². The second-order valence-electron chi connectivity index (χ2n) is 5.81. The van der Waals surface area contributed by atoms with Crippen molar-refractivity contribution >= 4 is 52.9 Å². The number of aliphatic imine (C=N–C) groups is 1. The number of nitrogens with zero attached hydrogens (tertiary/aromatic N) is 1. The van der Waals surface area contributed by atoms with Crippen LogP contribution in [0.25, 0.3) is 10.9 Å². The van der Waals surface area contributed by atoms with E-state index >= 15 is 0 Å². The van der Waals surface area contributed by atoms with Crippen LogP contribution in [0, 0.1) is 5.92 Å². The first-order valence-corrected chi connectivity index (χ1v) is 9.13. The van der Waals surface area contributed by atoms with E-state index in [2.05, 4.69) is 33.8 Å². The van der Waals surface area contributed by atoms with E-state index < -0.39 is 0 Å². The topological polar surface area (TPSA) is 89.4 Å². The molecule has 1 aromatic heterocycles. The third kappa shape index (κ3) is 5.00. The van der Waals surface area contributed by atoms with E-state index in [0.717, 1.165) is 33.7 Å². The lowest BCUT2D eigenvalue weighted by Crippen LogP contribution is -2.31. The van der Waals surface area contributed by atoms with Crippen molar-refractivity contribution < 1.29 is 4.29 Å². The largest absolute Gasteiger partial charge is 0.403 e. The summed E-state index contributed by atoms with van der Waals surface area (Å²) in [6.45, 7) is 2.15. The summed E-state index contributed by atoms with van der Waals surface area (Å²) < 4.78 is 4.55. The SMILES string of the molecule is CCC1CCC1N=C(OCl)/C(N)=C\N.Sc1c[nH]c2cc(Cl)ccc12. The molecule has 0 aliphatic heterocycles. The highest BCUT2D eigenvalue weighted by atomic mass is 35.5. The third-order valence-electron chi connectivity index (χ3n) is 4.31. The van der Waals surface area contributed by atoms with Gasteiger partial charge in [-0.2, -0.15) is 0 Å². The van der Waals surface area contributed by atoms with Crippen molar-refractivity contribution in [3.05, 3.63) is 41.3 Å². The average molecular weight is 401 g/mol. The Morgan fingerprint density at radius 3 is 2.80 bits per heavy atom. The Hall–Kier alpha value is -1.50. The standard InChI is InChI=1S/C9H16ClN3O.C8H6ClNS/c1-2-6-3-4-8(6)13-9(14-10)7(12)5-11;9-5-1-2-6-7(3-5)10-4-8(6)11/h5-6,8H,2-4,11-12H2,1H3;1-4,10-11H/b7-5+,13-9?;. The fraction of sp³-hybridized carbons (Fsp3) is 0.353. The zero-order chi connectivity index (χ0) is 18.4. The Kier molecular flexibility index (Phi) is 7.35. The summed E-state index contributed by atoms with van der Waals surface area (Å²) in [5.41, 5.74) is 12.1. The highest BCUT2D eigenvalue weighted by Crippen LogP contribution is 2.33. The van der Waals surface area contributed by atoms with Gasteiger partial charge in [0.05, 0.1) is 6.04 Å². The second kappa shape index (κ2) is 9.27. The second-order valence-corrected chi connectivity index (χ2v) is 6.88. The molecule has 0 bridgehead atoms. The predicted molar refractivity (Wildman–Crippen MR) is 108 cm³/mol. The molecule has 1 aromatic carbocycles. The molecule has 2 atom stereocenters. The summed E-state index contributed by atoms with van der Waals surface area (Å²) in [6.07, 6.45) is 6.49. The minimum atomic E-state index is 0.234. The summed E-state index contributed by atoms with van der Waals surface area (Å²) in [4.78, 5) is 8.34. The van der Waals surface area contributed by atoms with E-state index in [9.17, 15) is 0 Å². The Labute approximate surface area is 163 Å². The Morgan fingerprint density at radius 1 is 1.48 bits per heavy atom. The zero-order valence-electron chi connectivity index (χ0n) is 13.9. The van der Waals surface area contributed by atoms with E-state index in [-0.39, 0.29) is 17.6 Å². The van der Waals surface area contributed by atoms with Crippen LogP contribution in [0.2, 0.25) is 5.02 Å². The van der Waals surface area contributed by atoms with Gasteiger partial charge in [-0.25, -0.2) is 4.99 Å². The number of thiol groups is 1. The monoisotopic (exact) mass is 400 g/mol. The molecule has 1 aliphatic carbocycles. The summed E-state index contributed by atoms with van der Waals surface area (Å²) >= 11 is 15.3. The number of H-pyrrole nitrogens is 1. The van der Waals surface area contributed by atoms with Gasteiger partial charge in [0.2, 0.25) is 0 Å². The maximum Gasteiger partial charge on any atom is 0.257 e. The molecule has 0 saturated heterocycles. The van der Waals surface area contributed by atoms with Crippen LogP contribution in [0.4, 0.5) is 0 Å². The highest BCUT2D eigenvalue weighted by Gasteiger charge is 2.29. The number of nitrogens with one attached hydrogen (secondary N) is 1. The fourth-order valence-electron chi connectivity index (χ4n) is 2.64. The van der Waals surface area contributed by atoms with Gasteiger partial charge in [0.15, 0.2) is 0 Å². The van der Waals surface area contributed by atoms with Crippen LogP contribution in [0.3, 0.4) is 0 Å². The number of hydrogen-bond acceptors (Lipinski definition) is 5. The molecule has 1 fully saturated rings. The van der Waals surface area contributed by atoms with Crippen LogP contribution in [-0.2, 0) is 4.29 Å². The number of halogens is 2. The molecule has 5 nitrogen and oxygen atoms in total. The van der Waals surface area contributed by atoms with E-state index in [1.165, 1.54) is 12.6 Å². The van der Waals surface area contributed by atoms with Crippen molar-refractivity contribution in [2.45, 2.75) is 37.1 Å². The molecule has 1 aliphatic rings. The van der Waals surface area contributed by atoms with Crippen LogP contribution in [-0.4, -0.2) is 16.9 Å². The molecule has 2 aromatic rings. The minimum Gasteiger partial charge on any atom is -0.403 e. The quantitative estimate of drug-likeness (QED) is 0.344. The normalized spacial score (nSPS) is 20.6. The molecule has 8 heteroatoms. The van der Waals surface area contributed by atoms with Crippen LogP contribution in [0.5, 0.6) is 0 Å².